The Morgan fingerprint density at radius 3 is 2.44 bits per heavy atom. The highest BCUT2D eigenvalue weighted by molar-refractivity contribution is 7.98. The van der Waals surface area contributed by atoms with Crippen LogP contribution in [0.4, 0.5) is 11.9 Å². The molecule has 9 nitrogen and oxygen atoms in total. The van der Waals surface area contributed by atoms with Gasteiger partial charge in [-0.05, 0) is 20.1 Å². The van der Waals surface area contributed by atoms with Gasteiger partial charge in [0.1, 0.15) is 11.2 Å². The number of fused-ring (bicyclic) bond motifs is 1. The molecule has 142 valence electrons. The lowest BCUT2D eigenvalue weighted by atomic mass is 10.2. The molecule has 2 N–H and O–H groups in total. The van der Waals surface area contributed by atoms with E-state index in [9.17, 15) is 0 Å². The van der Waals surface area contributed by atoms with Crippen molar-refractivity contribution in [3.63, 3.8) is 0 Å². The molecule has 0 bridgehead atoms. The van der Waals surface area contributed by atoms with E-state index in [1.165, 1.54) is 0 Å². The predicted molar refractivity (Wildman–Crippen MR) is 106 cm³/mol. The van der Waals surface area contributed by atoms with Crippen molar-refractivity contribution < 1.29 is 4.74 Å². The summed E-state index contributed by atoms with van der Waals surface area (Å²) < 4.78 is 7.61. The van der Waals surface area contributed by atoms with Crippen molar-refractivity contribution in [1.82, 2.24) is 29.5 Å². The van der Waals surface area contributed by atoms with E-state index in [4.69, 9.17) is 25.4 Å². The van der Waals surface area contributed by atoms with Gasteiger partial charge in [0.2, 0.25) is 11.9 Å². The number of thioether (sulfide) groups is 1. The van der Waals surface area contributed by atoms with Crippen molar-refractivity contribution in [3.05, 3.63) is 12.4 Å². The fourth-order valence-electron chi connectivity index (χ4n) is 3.12. The number of hydrogen-bond donors (Lipinski definition) is 1. The Kier molecular flexibility index (Phi) is 4.83. The van der Waals surface area contributed by atoms with Gasteiger partial charge in [0.25, 0.3) is 0 Å². The van der Waals surface area contributed by atoms with E-state index in [0.29, 0.717) is 19.2 Å². The van der Waals surface area contributed by atoms with Gasteiger partial charge in [0, 0.05) is 37.1 Å². The molecule has 0 atom stereocenters. The minimum Gasteiger partial charge on any atom is -0.378 e. The number of aromatic nitrogens is 6. The average Bonchev–Trinajstić information content (AvgIpc) is 3.07. The van der Waals surface area contributed by atoms with Gasteiger partial charge in [0.05, 0.1) is 13.2 Å². The molecular weight excluding hydrogens is 364 g/mol. The summed E-state index contributed by atoms with van der Waals surface area (Å²) in [6.45, 7) is 7.11. The van der Waals surface area contributed by atoms with Crippen LogP contribution in [0, 0.1) is 0 Å². The smallest absolute Gasteiger partial charge is 0.228 e. The van der Waals surface area contributed by atoms with Gasteiger partial charge in [0.15, 0.2) is 10.8 Å². The van der Waals surface area contributed by atoms with Crippen LogP contribution in [-0.2, 0) is 4.74 Å². The zero-order valence-corrected chi connectivity index (χ0v) is 16.4. The molecule has 0 amide bonds. The van der Waals surface area contributed by atoms with Crippen LogP contribution >= 0.6 is 11.8 Å². The first-order valence-corrected chi connectivity index (χ1v) is 10.1. The maximum atomic E-state index is 5.65. The first-order valence-electron chi connectivity index (χ1n) is 8.83. The van der Waals surface area contributed by atoms with Gasteiger partial charge >= 0.3 is 0 Å². The summed E-state index contributed by atoms with van der Waals surface area (Å²) in [6, 6.07) is 0.223. The zero-order valence-electron chi connectivity index (χ0n) is 15.6. The standard InChI is InChI=1S/C17H22N8OS/c1-10(2)25-14-13(22-17(25)27-3)12(11-8-19-15(18)20-9-11)21-16(23-14)24-4-6-26-7-5-24/h8-10H,4-7H2,1-3H3,(H2,18,19,20). The zero-order chi connectivity index (χ0) is 19.0. The number of morpholine rings is 1. The number of imidazole rings is 1. The van der Waals surface area contributed by atoms with Crippen molar-refractivity contribution in [3.8, 4) is 11.3 Å². The number of nitrogens with zero attached hydrogens (tertiary/aromatic N) is 7. The van der Waals surface area contributed by atoms with E-state index in [0.717, 1.165) is 40.7 Å². The SMILES string of the molecule is CSc1nc2c(-c3cnc(N)nc3)nc(N3CCOCC3)nc2n1C(C)C. The minimum atomic E-state index is 0.223. The number of rotatable bonds is 4. The molecule has 3 aromatic heterocycles. The molecule has 1 fully saturated rings. The molecule has 4 heterocycles. The van der Waals surface area contributed by atoms with Crippen LogP contribution in [0.1, 0.15) is 19.9 Å². The largest absolute Gasteiger partial charge is 0.378 e. The molecule has 0 radical (unpaired) electrons. The van der Waals surface area contributed by atoms with Crippen molar-refractivity contribution in [2.24, 2.45) is 0 Å². The average molecular weight is 386 g/mol. The first kappa shape index (κ1) is 17.9. The van der Waals surface area contributed by atoms with Crippen LogP contribution in [0.5, 0.6) is 0 Å². The quantitative estimate of drug-likeness (QED) is 0.673. The lowest BCUT2D eigenvalue weighted by Crippen LogP contribution is -2.37. The number of ether oxygens (including phenoxy) is 1. The van der Waals surface area contributed by atoms with Gasteiger partial charge in [-0.25, -0.2) is 19.9 Å². The van der Waals surface area contributed by atoms with Crippen LogP contribution in [0.15, 0.2) is 17.6 Å². The highest BCUT2D eigenvalue weighted by atomic mass is 32.2. The Hall–Kier alpha value is -2.46. The van der Waals surface area contributed by atoms with Crippen molar-refractivity contribution in [2.45, 2.75) is 25.0 Å². The number of nitrogens with two attached hydrogens (primary N) is 1. The van der Waals surface area contributed by atoms with Gasteiger partial charge in [-0.1, -0.05) is 11.8 Å². The molecule has 4 rings (SSSR count). The molecule has 3 aromatic rings. The number of hydrogen-bond acceptors (Lipinski definition) is 9. The molecule has 10 heteroatoms. The Bertz CT molecular complexity index is 950. The molecular formula is C17H22N8OS. The molecule has 0 aromatic carbocycles. The van der Waals surface area contributed by atoms with Crippen LogP contribution in [0.2, 0.25) is 0 Å². The van der Waals surface area contributed by atoms with Crippen LogP contribution in [0.3, 0.4) is 0 Å². The molecule has 1 aliphatic heterocycles. The van der Waals surface area contributed by atoms with Gasteiger partial charge < -0.3 is 19.9 Å². The number of anilines is 2. The fraction of sp³-hybridized carbons (Fsp3) is 0.471. The van der Waals surface area contributed by atoms with Gasteiger partial charge in [-0.2, -0.15) is 4.98 Å². The van der Waals surface area contributed by atoms with E-state index in [-0.39, 0.29) is 12.0 Å². The third kappa shape index (κ3) is 3.30. The first-order chi connectivity index (χ1) is 13.1. The lowest BCUT2D eigenvalue weighted by molar-refractivity contribution is 0.122. The summed E-state index contributed by atoms with van der Waals surface area (Å²) in [5, 5.41) is 0.908. The van der Waals surface area contributed by atoms with E-state index in [2.05, 4.69) is 33.3 Å². The summed E-state index contributed by atoms with van der Waals surface area (Å²) in [5.41, 5.74) is 8.71. The summed E-state index contributed by atoms with van der Waals surface area (Å²) >= 11 is 1.60. The van der Waals surface area contributed by atoms with Crippen molar-refractivity contribution in [1.29, 1.82) is 0 Å². The second-order valence-electron chi connectivity index (χ2n) is 6.54. The maximum absolute atomic E-state index is 5.65. The normalized spacial score (nSPS) is 15.0. The van der Waals surface area contributed by atoms with E-state index < -0.39 is 0 Å². The molecule has 27 heavy (non-hydrogen) atoms. The van der Waals surface area contributed by atoms with Crippen molar-refractivity contribution in [2.75, 3.05) is 43.2 Å². The second-order valence-corrected chi connectivity index (χ2v) is 7.31. The van der Waals surface area contributed by atoms with Crippen LogP contribution < -0.4 is 10.6 Å². The maximum Gasteiger partial charge on any atom is 0.228 e. The third-order valence-corrected chi connectivity index (χ3v) is 5.09. The predicted octanol–water partition coefficient (Wildman–Crippen LogP) is 2.00. The Balaban J connectivity index is 1.97. The molecule has 0 aliphatic carbocycles. The molecule has 1 aliphatic rings. The third-order valence-electron chi connectivity index (χ3n) is 4.43. The van der Waals surface area contributed by atoms with E-state index in [1.54, 1.807) is 24.2 Å². The minimum absolute atomic E-state index is 0.223. The van der Waals surface area contributed by atoms with Crippen LogP contribution in [0.25, 0.3) is 22.4 Å². The second kappa shape index (κ2) is 7.28. The van der Waals surface area contributed by atoms with Crippen molar-refractivity contribution >= 4 is 34.8 Å². The molecule has 0 unspecified atom stereocenters. The highest BCUT2D eigenvalue weighted by Crippen LogP contribution is 2.32. The van der Waals surface area contributed by atoms with E-state index in [1.807, 2.05) is 6.26 Å². The molecule has 0 saturated carbocycles. The Morgan fingerprint density at radius 1 is 1.11 bits per heavy atom. The van der Waals surface area contributed by atoms with E-state index >= 15 is 0 Å². The molecule has 1 saturated heterocycles. The van der Waals surface area contributed by atoms with Crippen LogP contribution in [-0.4, -0.2) is 62.0 Å². The number of nitrogen functional groups attached to an aromatic ring is 1. The Morgan fingerprint density at radius 2 is 1.81 bits per heavy atom. The topological polar surface area (TPSA) is 108 Å². The summed E-state index contributed by atoms with van der Waals surface area (Å²) in [7, 11) is 0. The van der Waals surface area contributed by atoms with Gasteiger partial charge in [-0.15, -0.1) is 0 Å². The van der Waals surface area contributed by atoms with Gasteiger partial charge in [-0.3, -0.25) is 0 Å². The summed E-state index contributed by atoms with van der Waals surface area (Å²) in [4.78, 5) is 24.9. The lowest BCUT2D eigenvalue weighted by Gasteiger charge is -2.27. The fourth-order valence-corrected chi connectivity index (χ4v) is 3.79. The highest BCUT2D eigenvalue weighted by Gasteiger charge is 2.23. The summed E-state index contributed by atoms with van der Waals surface area (Å²) in [6.07, 6.45) is 5.38. The Labute approximate surface area is 161 Å². The summed E-state index contributed by atoms with van der Waals surface area (Å²) in [5.74, 6) is 0.905. The molecule has 0 spiro atoms. The monoisotopic (exact) mass is 386 g/mol.